The van der Waals surface area contributed by atoms with Crippen LogP contribution in [0.5, 0.6) is 5.75 Å². The van der Waals surface area contributed by atoms with E-state index in [1.165, 1.54) is 17.0 Å². The van der Waals surface area contributed by atoms with Crippen LogP contribution in [0.2, 0.25) is 0 Å². The van der Waals surface area contributed by atoms with Gasteiger partial charge in [0, 0.05) is 37.7 Å². The van der Waals surface area contributed by atoms with E-state index in [0.29, 0.717) is 38.4 Å². The highest BCUT2D eigenvalue weighted by molar-refractivity contribution is 7.10. The Morgan fingerprint density at radius 3 is 3.00 bits per heavy atom. The number of aliphatic hydroxyl groups is 1. The molecule has 176 valence electrons. The quantitative estimate of drug-likeness (QED) is 0.521. The predicted molar refractivity (Wildman–Crippen MR) is 124 cm³/mol. The second kappa shape index (κ2) is 12.3. The van der Waals surface area contributed by atoms with Gasteiger partial charge < -0.3 is 19.5 Å². The monoisotopic (exact) mass is 464 g/mol. The van der Waals surface area contributed by atoms with E-state index in [1.807, 2.05) is 28.2 Å². The highest BCUT2D eigenvalue weighted by Crippen LogP contribution is 2.34. The van der Waals surface area contributed by atoms with Crippen LogP contribution in [0.15, 0.2) is 35.7 Å². The maximum Gasteiger partial charge on any atom is 0.237 e. The van der Waals surface area contributed by atoms with Gasteiger partial charge >= 0.3 is 0 Å². The number of halogens is 1. The van der Waals surface area contributed by atoms with Gasteiger partial charge in [-0.25, -0.2) is 4.39 Å². The van der Waals surface area contributed by atoms with E-state index in [9.17, 15) is 14.3 Å². The molecule has 0 bridgehead atoms. The maximum absolute atomic E-state index is 13.6. The van der Waals surface area contributed by atoms with Crippen molar-refractivity contribution in [3.63, 3.8) is 0 Å². The number of hydrogen-bond donors (Lipinski definition) is 1. The number of thiophene rings is 1. The third-order valence-electron chi connectivity index (χ3n) is 5.68. The highest BCUT2D eigenvalue weighted by atomic mass is 32.1. The van der Waals surface area contributed by atoms with E-state index in [-0.39, 0.29) is 30.9 Å². The number of carbonyl (C=O) groups excluding carboxylic acids is 1. The molecule has 1 aromatic carbocycles. The van der Waals surface area contributed by atoms with Crippen LogP contribution >= 0.6 is 11.3 Å². The summed E-state index contributed by atoms with van der Waals surface area (Å²) < 4.78 is 24.6. The molecule has 1 amide bonds. The van der Waals surface area contributed by atoms with Gasteiger partial charge in [-0.05, 0) is 42.0 Å². The van der Waals surface area contributed by atoms with Crippen molar-refractivity contribution < 1.29 is 23.8 Å². The van der Waals surface area contributed by atoms with E-state index >= 15 is 0 Å². The molecule has 0 saturated carbocycles. The first-order valence-corrected chi connectivity index (χ1v) is 12.0. The van der Waals surface area contributed by atoms with Gasteiger partial charge in [-0.15, -0.1) is 11.3 Å². The number of rotatable bonds is 12. The van der Waals surface area contributed by atoms with Crippen LogP contribution in [0.1, 0.15) is 36.2 Å². The molecule has 0 fully saturated rings. The smallest absolute Gasteiger partial charge is 0.237 e. The van der Waals surface area contributed by atoms with E-state index in [2.05, 4.69) is 0 Å². The van der Waals surface area contributed by atoms with E-state index in [4.69, 9.17) is 9.47 Å². The van der Waals surface area contributed by atoms with Crippen molar-refractivity contribution >= 4 is 17.2 Å². The Morgan fingerprint density at radius 1 is 1.41 bits per heavy atom. The van der Waals surface area contributed by atoms with Crippen LogP contribution in [0.25, 0.3) is 0 Å². The van der Waals surface area contributed by atoms with Gasteiger partial charge in [0.15, 0.2) is 0 Å². The zero-order chi connectivity index (χ0) is 22.9. The van der Waals surface area contributed by atoms with Gasteiger partial charge in [0.1, 0.15) is 18.2 Å². The van der Waals surface area contributed by atoms with Gasteiger partial charge in [0.25, 0.3) is 0 Å². The van der Waals surface area contributed by atoms with E-state index in [1.54, 1.807) is 30.6 Å². The van der Waals surface area contributed by atoms with Crippen LogP contribution in [0.4, 0.5) is 4.39 Å². The Labute approximate surface area is 193 Å². The molecule has 1 aliphatic rings. The second-order valence-corrected chi connectivity index (χ2v) is 9.09. The van der Waals surface area contributed by atoms with Gasteiger partial charge in [-0.1, -0.05) is 19.4 Å². The molecule has 1 aliphatic heterocycles. The number of carbonyl (C=O) groups is 1. The number of fused-ring (bicyclic) bond motifs is 1. The van der Waals surface area contributed by atoms with Crippen molar-refractivity contribution in [3.8, 4) is 5.75 Å². The minimum atomic E-state index is -0.471. The number of aliphatic hydroxyl groups excluding tert-OH is 1. The lowest BCUT2D eigenvalue weighted by Gasteiger charge is -2.37. The van der Waals surface area contributed by atoms with Crippen molar-refractivity contribution in [1.82, 2.24) is 9.80 Å². The van der Waals surface area contributed by atoms with Crippen molar-refractivity contribution in [1.29, 1.82) is 0 Å². The number of benzene rings is 1. The lowest BCUT2D eigenvalue weighted by molar-refractivity contribution is -0.136. The first-order valence-electron chi connectivity index (χ1n) is 11.1. The number of hydrogen-bond acceptors (Lipinski definition) is 6. The molecule has 2 aromatic rings. The van der Waals surface area contributed by atoms with Crippen molar-refractivity contribution in [3.05, 3.63) is 52.0 Å². The molecule has 0 saturated heterocycles. The molecule has 6 nitrogen and oxygen atoms in total. The summed E-state index contributed by atoms with van der Waals surface area (Å²) in [5.74, 6) is 0.0911. The Balaban J connectivity index is 1.71. The first kappa shape index (κ1) is 24.6. The summed E-state index contributed by atoms with van der Waals surface area (Å²) in [5, 5.41) is 12.3. The molecule has 0 aliphatic carbocycles. The van der Waals surface area contributed by atoms with Gasteiger partial charge in [-0.3, -0.25) is 9.69 Å². The Kier molecular flexibility index (Phi) is 9.47. The molecule has 0 radical (unpaired) electrons. The second-order valence-electron chi connectivity index (χ2n) is 8.09. The summed E-state index contributed by atoms with van der Waals surface area (Å²) in [7, 11) is 1.63. The average Bonchev–Trinajstić information content (AvgIpc) is 3.25. The first-order chi connectivity index (χ1) is 15.5. The number of nitrogens with zero attached hydrogens (tertiary/aromatic N) is 2. The van der Waals surface area contributed by atoms with E-state index in [0.717, 1.165) is 18.4 Å². The molecule has 1 N–H and O–H groups in total. The van der Waals surface area contributed by atoms with Crippen LogP contribution in [0.3, 0.4) is 0 Å². The molecule has 3 rings (SSSR count). The minimum absolute atomic E-state index is 0.00510. The molecule has 32 heavy (non-hydrogen) atoms. The van der Waals surface area contributed by atoms with E-state index < -0.39 is 6.10 Å². The fraction of sp³-hybridized carbons (Fsp3) is 0.542. The summed E-state index contributed by atoms with van der Waals surface area (Å²) in [6, 6.07) is 7.87. The third-order valence-corrected chi connectivity index (χ3v) is 6.68. The lowest BCUT2D eigenvalue weighted by Crippen LogP contribution is -2.48. The number of ether oxygens (including phenoxy) is 2. The van der Waals surface area contributed by atoms with Crippen molar-refractivity contribution in [2.24, 2.45) is 0 Å². The van der Waals surface area contributed by atoms with Crippen LogP contribution in [-0.4, -0.2) is 73.4 Å². The molecule has 2 heterocycles. The topological polar surface area (TPSA) is 62.2 Å². The fourth-order valence-corrected chi connectivity index (χ4v) is 4.99. The third kappa shape index (κ3) is 6.75. The largest absolute Gasteiger partial charge is 0.491 e. The van der Waals surface area contributed by atoms with Crippen molar-refractivity contribution in [2.45, 2.75) is 38.3 Å². The maximum atomic E-state index is 13.6. The summed E-state index contributed by atoms with van der Waals surface area (Å²) in [6.45, 7) is 4.61. The molecule has 8 heteroatoms. The fourth-order valence-electron chi connectivity index (χ4n) is 4.07. The Hall–Kier alpha value is -2.00. The normalized spacial score (nSPS) is 16.8. The van der Waals surface area contributed by atoms with Gasteiger partial charge in [-0.2, -0.15) is 0 Å². The molecular weight excluding hydrogens is 431 g/mol. The minimum Gasteiger partial charge on any atom is -0.491 e. The Morgan fingerprint density at radius 2 is 2.25 bits per heavy atom. The molecule has 0 unspecified atom stereocenters. The summed E-state index contributed by atoms with van der Waals surface area (Å²) in [4.78, 5) is 18.4. The molecule has 1 aromatic heterocycles. The SMILES string of the molecule is CCC[C@H](O)CN(CCOC)CC(=O)N1CCc2sccc2[C@H]1COc1cccc(F)c1. The lowest BCUT2D eigenvalue weighted by atomic mass is 10.0. The average molecular weight is 465 g/mol. The standard InChI is InChI=1S/C24H33FN2O4S/c1-3-5-19(28)15-26(11-12-30-2)16-24(29)27-10-8-23-21(9-13-32-23)22(27)17-31-20-7-4-6-18(25)14-20/h4,6-7,9,13-14,19,22,28H,3,5,8,10-12,15-17H2,1-2H3/t19-,22+/m0/s1. The summed E-state index contributed by atoms with van der Waals surface area (Å²) in [6.07, 6.45) is 1.93. The molecule has 2 atom stereocenters. The zero-order valence-corrected chi connectivity index (χ0v) is 19.7. The Bertz CT molecular complexity index is 862. The summed E-state index contributed by atoms with van der Waals surface area (Å²) in [5.41, 5.74) is 1.10. The van der Waals surface area contributed by atoms with Crippen LogP contribution in [0, 0.1) is 5.82 Å². The van der Waals surface area contributed by atoms with Gasteiger partial charge in [0.2, 0.25) is 5.91 Å². The van der Waals surface area contributed by atoms with Crippen LogP contribution < -0.4 is 4.74 Å². The molecule has 0 spiro atoms. The van der Waals surface area contributed by atoms with Gasteiger partial charge in [0.05, 0.1) is 25.3 Å². The summed E-state index contributed by atoms with van der Waals surface area (Å²) >= 11 is 1.69. The number of methoxy groups -OCH3 is 1. The zero-order valence-electron chi connectivity index (χ0n) is 18.8. The van der Waals surface area contributed by atoms with Crippen LogP contribution in [-0.2, 0) is 16.0 Å². The van der Waals surface area contributed by atoms with Crippen molar-refractivity contribution in [2.75, 3.05) is 46.5 Å². The predicted octanol–water partition coefficient (Wildman–Crippen LogP) is 3.50. The number of amides is 1. The highest BCUT2D eigenvalue weighted by Gasteiger charge is 2.33. The molecular formula is C24H33FN2O4S.